The van der Waals surface area contributed by atoms with Crippen LogP contribution in [0.25, 0.3) is 0 Å². The van der Waals surface area contributed by atoms with E-state index < -0.39 is 23.3 Å². The number of primary amides is 1. The van der Waals surface area contributed by atoms with Gasteiger partial charge < -0.3 is 16.2 Å². The van der Waals surface area contributed by atoms with Gasteiger partial charge in [-0.15, -0.1) is 0 Å². The van der Waals surface area contributed by atoms with Gasteiger partial charge in [0.25, 0.3) is 0 Å². The lowest BCUT2D eigenvalue weighted by atomic mass is 9.87. The third kappa shape index (κ3) is 3.72. The molecule has 6 heteroatoms. The van der Waals surface area contributed by atoms with E-state index in [4.69, 9.17) is 10.8 Å². The summed E-state index contributed by atoms with van der Waals surface area (Å²) >= 11 is 0. The number of carboxylic acids is 1. The smallest absolute Gasteiger partial charge is 0.326 e. The van der Waals surface area contributed by atoms with E-state index in [-0.39, 0.29) is 18.7 Å². The van der Waals surface area contributed by atoms with Crippen LogP contribution >= 0.6 is 0 Å². The first kappa shape index (κ1) is 14.5. The third-order valence-corrected chi connectivity index (χ3v) is 3.54. The van der Waals surface area contributed by atoms with Crippen LogP contribution in [0.2, 0.25) is 0 Å². The molecule has 0 spiro atoms. The van der Waals surface area contributed by atoms with E-state index >= 15 is 0 Å². The van der Waals surface area contributed by atoms with Crippen LogP contribution in [-0.4, -0.2) is 28.9 Å². The Balaban J connectivity index is 2.57. The maximum absolute atomic E-state index is 12.0. The van der Waals surface area contributed by atoms with Crippen molar-refractivity contribution in [1.29, 1.82) is 0 Å². The summed E-state index contributed by atoms with van der Waals surface area (Å²) < 4.78 is 0. The molecule has 0 bridgehead atoms. The predicted octanol–water partition coefficient (Wildman–Crippen LogP) is 0.402. The van der Waals surface area contributed by atoms with Crippen LogP contribution in [0.4, 0.5) is 0 Å². The Bertz CT molecular complexity index is 348. The minimum absolute atomic E-state index is 0.0342. The third-order valence-electron chi connectivity index (χ3n) is 3.54. The average Bonchev–Trinajstić information content (AvgIpc) is 2.71. The average molecular weight is 256 g/mol. The van der Waals surface area contributed by atoms with Crippen LogP contribution in [-0.2, 0) is 14.4 Å². The lowest BCUT2D eigenvalue weighted by Crippen LogP contribution is -2.47. The summed E-state index contributed by atoms with van der Waals surface area (Å²) in [6.07, 6.45) is 3.52. The van der Waals surface area contributed by atoms with Gasteiger partial charge in [0.1, 0.15) is 6.04 Å². The second-order valence-corrected chi connectivity index (χ2v) is 5.14. The molecule has 2 amide bonds. The highest BCUT2D eigenvalue weighted by Gasteiger charge is 2.37. The second kappa shape index (κ2) is 5.84. The van der Waals surface area contributed by atoms with Crippen molar-refractivity contribution in [1.82, 2.24) is 5.32 Å². The molecule has 1 saturated carbocycles. The summed E-state index contributed by atoms with van der Waals surface area (Å²) in [6, 6.07) is -1.04. The van der Waals surface area contributed by atoms with Crippen LogP contribution in [0.1, 0.15) is 45.4 Å². The number of carboxylic acid groups (broad SMARTS) is 1. The first-order chi connectivity index (χ1) is 8.35. The normalized spacial score (nSPS) is 19.2. The minimum atomic E-state index is -1.13. The molecule has 0 radical (unpaired) electrons. The number of amides is 2. The Hall–Kier alpha value is -1.59. The van der Waals surface area contributed by atoms with E-state index in [0.29, 0.717) is 0 Å². The van der Waals surface area contributed by atoms with Crippen LogP contribution in [0.15, 0.2) is 0 Å². The summed E-state index contributed by atoms with van der Waals surface area (Å²) in [6.45, 7) is 1.85. The van der Waals surface area contributed by atoms with E-state index in [0.717, 1.165) is 25.7 Å². The van der Waals surface area contributed by atoms with Crippen molar-refractivity contribution in [3.05, 3.63) is 0 Å². The van der Waals surface area contributed by atoms with Gasteiger partial charge in [0.05, 0.1) is 0 Å². The molecular weight excluding hydrogens is 236 g/mol. The SMILES string of the molecule is CC1(C(=O)N[C@H](CCC(N)=O)C(=O)O)CCCC1. The van der Waals surface area contributed by atoms with E-state index in [9.17, 15) is 14.4 Å². The Morgan fingerprint density at radius 3 is 2.33 bits per heavy atom. The molecular formula is C12H20N2O4. The molecule has 0 unspecified atom stereocenters. The van der Waals surface area contributed by atoms with Gasteiger partial charge in [-0.05, 0) is 19.3 Å². The van der Waals surface area contributed by atoms with Gasteiger partial charge >= 0.3 is 5.97 Å². The van der Waals surface area contributed by atoms with Crippen molar-refractivity contribution in [3.8, 4) is 0 Å². The van der Waals surface area contributed by atoms with Gasteiger partial charge in [0, 0.05) is 11.8 Å². The Labute approximate surface area is 106 Å². The molecule has 0 aromatic rings. The number of aliphatic carboxylic acids is 1. The topological polar surface area (TPSA) is 109 Å². The molecule has 4 N–H and O–H groups in total. The van der Waals surface area contributed by atoms with Crippen LogP contribution in [0.5, 0.6) is 0 Å². The first-order valence-electron chi connectivity index (χ1n) is 6.17. The molecule has 1 atom stereocenters. The maximum Gasteiger partial charge on any atom is 0.326 e. The quantitative estimate of drug-likeness (QED) is 0.639. The summed E-state index contributed by atoms with van der Waals surface area (Å²) in [5.41, 5.74) is 4.50. The highest BCUT2D eigenvalue weighted by molar-refractivity contribution is 5.87. The fourth-order valence-electron chi connectivity index (χ4n) is 2.26. The van der Waals surface area contributed by atoms with Crippen molar-refractivity contribution in [2.75, 3.05) is 0 Å². The van der Waals surface area contributed by atoms with Gasteiger partial charge in [0.15, 0.2) is 0 Å². The molecule has 0 saturated heterocycles. The number of nitrogens with one attached hydrogen (secondary N) is 1. The van der Waals surface area contributed by atoms with Crippen molar-refractivity contribution in [2.24, 2.45) is 11.1 Å². The zero-order valence-corrected chi connectivity index (χ0v) is 10.6. The van der Waals surface area contributed by atoms with Crippen LogP contribution in [0, 0.1) is 5.41 Å². The molecule has 1 rings (SSSR count). The van der Waals surface area contributed by atoms with Crippen molar-refractivity contribution < 1.29 is 19.5 Å². The second-order valence-electron chi connectivity index (χ2n) is 5.14. The van der Waals surface area contributed by atoms with Gasteiger partial charge in [-0.1, -0.05) is 19.8 Å². The van der Waals surface area contributed by atoms with Crippen molar-refractivity contribution in [2.45, 2.75) is 51.5 Å². The lowest BCUT2D eigenvalue weighted by Gasteiger charge is -2.24. The molecule has 102 valence electrons. The Morgan fingerprint density at radius 1 is 1.33 bits per heavy atom. The van der Waals surface area contributed by atoms with Crippen LogP contribution in [0.3, 0.4) is 0 Å². The zero-order valence-electron chi connectivity index (χ0n) is 10.6. The first-order valence-corrected chi connectivity index (χ1v) is 6.17. The molecule has 18 heavy (non-hydrogen) atoms. The molecule has 0 heterocycles. The monoisotopic (exact) mass is 256 g/mol. The lowest BCUT2D eigenvalue weighted by molar-refractivity contribution is -0.144. The molecule has 1 aliphatic carbocycles. The molecule has 6 nitrogen and oxygen atoms in total. The molecule has 0 aromatic heterocycles. The summed E-state index contributed by atoms with van der Waals surface area (Å²) in [5.74, 6) is -1.94. The van der Waals surface area contributed by atoms with E-state index in [1.807, 2.05) is 6.92 Å². The highest BCUT2D eigenvalue weighted by atomic mass is 16.4. The van der Waals surface area contributed by atoms with E-state index in [1.54, 1.807) is 0 Å². The van der Waals surface area contributed by atoms with E-state index in [2.05, 4.69) is 5.32 Å². The largest absolute Gasteiger partial charge is 0.480 e. The molecule has 0 aliphatic heterocycles. The fourth-order valence-corrected chi connectivity index (χ4v) is 2.26. The number of carbonyl (C=O) groups is 3. The molecule has 0 aromatic carbocycles. The highest BCUT2D eigenvalue weighted by Crippen LogP contribution is 2.37. The Kier molecular flexibility index (Phi) is 4.69. The molecule has 1 aliphatic rings. The van der Waals surface area contributed by atoms with Crippen molar-refractivity contribution in [3.63, 3.8) is 0 Å². The van der Waals surface area contributed by atoms with E-state index in [1.165, 1.54) is 0 Å². The fraction of sp³-hybridized carbons (Fsp3) is 0.750. The van der Waals surface area contributed by atoms with Gasteiger partial charge in [0.2, 0.25) is 11.8 Å². The van der Waals surface area contributed by atoms with Crippen molar-refractivity contribution >= 4 is 17.8 Å². The maximum atomic E-state index is 12.0. The van der Waals surface area contributed by atoms with Gasteiger partial charge in [-0.2, -0.15) is 0 Å². The number of hydrogen-bond acceptors (Lipinski definition) is 3. The van der Waals surface area contributed by atoms with Gasteiger partial charge in [-0.3, -0.25) is 9.59 Å². The predicted molar refractivity (Wildman–Crippen MR) is 64.6 cm³/mol. The Morgan fingerprint density at radius 2 is 1.89 bits per heavy atom. The number of carbonyl (C=O) groups excluding carboxylic acids is 2. The minimum Gasteiger partial charge on any atom is -0.480 e. The van der Waals surface area contributed by atoms with Crippen LogP contribution < -0.4 is 11.1 Å². The molecule has 1 fully saturated rings. The van der Waals surface area contributed by atoms with Gasteiger partial charge in [-0.25, -0.2) is 4.79 Å². The zero-order chi connectivity index (χ0) is 13.8. The number of rotatable bonds is 6. The summed E-state index contributed by atoms with van der Waals surface area (Å²) in [5, 5.41) is 11.5. The number of nitrogens with two attached hydrogens (primary N) is 1. The standard InChI is InChI=1S/C12H20N2O4/c1-12(6-2-3-7-12)11(18)14-8(10(16)17)4-5-9(13)15/h8H,2-7H2,1H3,(H2,13,15)(H,14,18)(H,16,17)/t8-/m1/s1. The summed E-state index contributed by atoms with van der Waals surface area (Å²) in [7, 11) is 0. The summed E-state index contributed by atoms with van der Waals surface area (Å²) in [4.78, 5) is 33.7. The number of hydrogen-bond donors (Lipinski definition) is 3.